The van der Waals surface area contributed by atoms with E-state index in [9.17, 15) is 0 Å². The summed E-state index contributed by atoms with van der Waals surface area (Å²) in [5, 5.41) is 3.64. The van der Waals surface area contributed by atoms with E-state index < -0.39 is 0 Å². The number of hydrogen-bond acceptors (Lipinski definition) is 3. The van der Waals surface area contributed by atoms with Crippen molar-refractivity contribution in [2.24, 2.45) is 0 Å². The summed E-state index contributed by atoms with van der Waals surface area (Å²) in [6.45, 7) is 4.93. The molecule has 0 aromatic carbocycles. The minimum atomic E-state index is 0.674. The van der Waals surface area contributed by atoms with Gasteiger partial charge >= 0.3 is 0 Å². The van der Waals surface area contributed by atoms with Crippen LogP contribution < -0.4 is 5.32 Å². The van der Waals surface area contributed by atoms with Crippen LogP contribution in [0.1, 0.15) is 19.3 Å². The van der Waals surface area contributed by atoms with Crippen molar-refractivity contribution in [3.63, 3.8) is 0 Å². The molecule has 2 aliphatic rings. The molecule has 2 rings (SSSR count). The second kappa shape index (κ2) is 4.60. The van der Waals surface area contributed by atoms with Crippen molar-refractivity contribution >= 4 is 0 Å². The molecule has 0 radical (unpaired) electrons. The third-order valence-electron chi connectivity index (χ3n) is 3.16. The number of nitrogens with one attached hydrogen (secondary N) is 1. The average Bonchev–Trinajstić information content (AvgIpc) is 2.86. The Kier molecular flexibility index (Phi) is 3.42. The van der Waals surface area contributed by atoms with Crippen molar-refractivity contribution in [1.82, 2.24) is 15.1 Å². The SMILES string of the molecule is CN(C)CC1CN(C2CC2)CCCN1. The van der Waals surface area contributed by atoms with Gasteiger partial charge in [-0.1, -0.05) is 0 Å². The minimum absolute atomic E-state index is 0.674. The summed E-state index contributed by atoms with van der Waals surface area (Å²) in [5.41, 5.74) is 0. The molecule has 1 unspecified atom stereocenters. The van der Waals surface area contributed by atoms with E-state index in [-0.39, 0.29) is 0 Å². The molecule has 1 saturated carbocycles. The van der Waals surface area contributed by atoms with Gasteiger partial charge in [0.2, 0.25) is 0 Å². The smallest absolute Gasteiger partial charge is 0.0322 e. The largest absolute Gasteiger partial charge is 0.311 e. The van der Waals surface area contributed by atoms with Gasteiger partial charge in [-0.3, -0.25) is 4.90 Å². The Morgan fingerprint density at radius 2 is 2.14 bits per heavy atom. The average molecular weight is 197 g/mol. The first-order valence-electron chi connectivity index (χ1n) is 5.88. The predicted molar refractivity (Wildman–Crippen MR) is 59.6 cm³/mol. The molecular weight excluding hydrogens is 174 g/mol. The molecule has 0 aromatic heterocycles. The van der Waals surface area contributed by atoms with Crippen LogP contribution in [0.25, 0.3) is 0 Å². The van der Waals surface area contributed by atoms with E-state index in [0.717, 1.165) is 6.04 Å². The van der Waals surface area contributed by atoms with Crippen molar-refractivity contribution in [2.75, 3.05) is 40.3 Å². The highest BCUT2D eigenvalue weighted by Crippen LogP contribution is 2.27. The van der Waals surface area contributed by atoms with Crippen LogP contribution in [0.4, 0.5) is 0 Å². The van der Waals surface area contributed by atoms with Gasteiger partial charge in [-0.15, -0.1) is 0 Å². The molecular formula is C11H23N3. The zero-order chi connectivity index (χ0) is 9.97. The van der Waals surface area contributed by atoms with Crippen LogP contribution in [-0.2, 0) is 0 Å². The summed E-state index contributed by atoms with van der Waals surface area (Å²) >= 11 is 0. The molecule has 82 valence electrons. The van der Waals surface area contributed by atoms with Crippen LogP contribution in [0.15, 0.2) is 0 Å². The van der Waals surface area contributed by atoms with Crippen molar-refractivity contribution in [1.29, 1.82) is 0 Å². The molecule has 0 bridgehead atoms. The molecule has 1 saturated heterocycles. The summed E-state index contributed by atoms with van der Waals surface area (Å²) in [5.74, 6) is 0. The maximum Gasteiger partial charge on any atom is 0.0322 e. The molecule has 2 fully saturated rings. The van der Waals surface area contributed by atoms with Gasteiger partial charge in [0.1, 0.15) is 0 Å². The Morgan fingerprint density at radius 1 is 1.36 bits per heavy atom. The maximum atomic E-state index is 3.64. The Hall–Kier alpha value is -0.120. The van der Waals surface area contributed by atoms with Crippen LogP contribution >= 0.6 is 0 Å². The van der Waals surface area contributed by atoms with E-state index in [1.54, 1.807) is 0 Å². The van der Waals surface area contributed by atoms with Crippen molar-refractivity contribution in [3.05, 3.63) is 0 Å². The van der Waals surface area contributed by atoms with Gasteiger partial charge in [-0.25, -0.2) is 0 Å². The Morgan fingerprint density at radius 3 is 2.79 bits per heavy atom. The Labute approximate surface area is 87.4 Å². The van der Waals surface area contributed by atoms with Crippen LogP contribution in [-0.4, -0.2) is 62.2 Å². The van der Waals surface area contributed by atoms with E-state index in [1.807, 2.05) is 0 Å². The fraction of sp³-hybridized carbons (Fsp3) is 1.00. The van der Waals surface area contributed by atoms with Crippen LogP contribution in [0.3, 0.4) is 0 Å². The van der Waals surface area contributed by atoms with Crippen molar-refractivity contribution in [2.45, 2.75) is 31.3 Å². The third-order valence-corrected chi connectivity index (χ3v) is 3.16. The van der Waals surface area contributed by atoms with E-state index in [4.69, 9.17) is 0 Å². The lowest BCUT2D eigenvalue weighted by Gasteiger charge is -2.26. The molecule has 3 nitrogen and oxygen atoms in total. The lowest BCUT2D eigenvalue weighted by Crippen LogP contribution is -2.44. The summed E-state index contributed by atoms with van der Waals surface area (Å²) in [7, 11) is 4.32. The summed E-state index contributed by atoms with van der Waals surface area (Å²) in [6, 6.07) is 1.60. The molecule has 1 aliphatic carbocycles. The van der Waals surface area contributed by atoms with Gasteiger partial charge in [-0.2, -0.15) is 0 Å². The lowest BCUT2D eigenvalue weighted by molar-refractivity contribution is 0.235. The molecule has 1 aliphatic heterocycles. The van der Waals surface area contributed by atoms with Crippen molar-refractivity contribution < 1.29 is 0 Å². The van der Waals surface area contributed by atoms with E-state index in [0.29, 0.717) is 6.04 Å². The van der Waals surface area contributed by atoms with Crippen molar-refractivity contribution in [3.8, 4) is 0 Å². The van der Waals surface area contributed by atoms with Crippen LogP contribution in [0, 0.1) is 0 Å². The second-order valence-electron chi connectivity index (χ2n) is 4.99. The quantitative estimate of drug-likeness (QED) is 0.705. The summed E-state index contributed by atoms with van der Waals surface area (Å²) < 4.78 is 0. The molecule has 0 amide bonds. The number of hydrogen-bond donors (Lipinski definition) is 1. The first kappa shape index (κ1) is 10.4. The monoisotopic (exact) mass is 197 g/mol. The molecule has 1 atom stereocenters. The summed E-state index contributed by atoms with van der Waals surface area (Å²) in [4.78, 5) is 4.97. The maximum absolute atomic E-state index is 3.64. The Bertz CT molecular complexity index is 177. The highest BCUT2D eigenvalue weighted by molar-refractivity contribution is 4.89. The number of nitrogens with zero attached hydrogens (tertiary/aromatic N) is 2. The van der Waals surface area contributed by atoms with Gasteiger partial charge in [0.15, 0.2) is 0 Å². The van der Waals surface area contributed by atoms with Gasteiger partial charge in [0.25, 0.3) is 0 Å². The fourth-order valence-electron chi connectivity index (χ4n) is 2.36. The van der Waals surface area contributed by atoms with E-state index >= 15 is 0 Å². The standard InChI is InChI=1S/C11H23N3/c1-13(2)8-10-9-14(11-4-5-11)7-3-6-12-10/h10-12H,3-9H2,1-2H3. The molecule has 1 N–H and O–H groups in total. The van der Waals surface area contributed by atoms with E-state index in [1.165, 1.54) is 45.4 Å². The van der Waals surface area contributed by atoms with Gasteiger partial charge in [-0.05, 0) is 46.4 Å². The molecule has 14 heavy (non-hydrogen) atoms. The molecule has 0 aromatic rings. The van der Waals surface area contributed by atoms with Crippen LogP contribution in [0.5, 0.6) is 0 Å². The Balaban J connectivity index is 1.83. The van der Waals surface area contributed by atoms with Gasteiger partial charge in [0, 0.05) is 25.2 Å². The van der Waals surface area contributed by atoms with Crippen LogP contribution in [0.2, 0.25) is 0 Å². The topological polar surface area (TPSA) is 18.5 Å². The normalized spacial score (nSPS) is 30.6. The molecule has 3 heteroatoms. The number of rotatable bonds is 3. The lowest BCUT2D eigenvalue weighted by atomic mass is 10.2. The minimum Gasteiger partial charge on any atom is -0.311 e. The van der Waals surface area contributed by atoms with Gasteiger partial charge < -0.3 is 10.2 Å². The third kappa shape index (κ3) is 2.94. The first-order valence-corrected chi connectivity index (χ1v) is 5.88. The second-order valence-corrected chi connectivity index (χ2v) is 4.99. The zero-order valence-electron chi connectivity index (χ0n) is 9.50. The highest BCUT2D eigenvalue weighted by Gasteiger charge is 2.31. The predicted octanol–water partition coefficient (Wildman–Crippen LogP) is 0.374. The highest BCUT2D eigenvalue weighted by atomic mass is 15.2. The number of likely N-dealkylation sites (N-methyl/N-ethyl adjacent to an activating group) is 1. The molecule has 1 heterocycles. The zero-order valence-corrected chi connectivity index (χ0v) is 9.50. The first-order chi connectivity index (χ1) is 6.75. The van der Waals surface area contributed by atoms with E-state index in [2.05, 4.69) is 29.2 Å². The summed E-state index contributed by atoms with van der Waals surface area (Å²) in [6.07, 6.45) is 4.20. The fourth-order valence-corrected chi connectivity index (χ4v) is 2.36. The molecule has 0 spiro atoms. The van der Waals surface area contributed by atoms with Gasteiger partial charge in [0.05, 0.1) is 0 Å².